The van der Waals surface area contributed by atoms with Gasteiger partial charge in [-0.1, -0.05) is 0 Å². The second-order valence-corrected chi connectivity index (χ2v) is 7.02. The highest BCUT2D eigenvalue weighted by Gasteiger charge is 2.22. The minimum absolute atomic E-state index is 0.0919. The van der Waals surface area contributed by atoms with Crippen molar-refractivity contribution in [3.05, 3.63) is 56.9 Å². The highest BCUT2D eigenvalue weighted by atomic mass is 79.9. The lowest BCUT2D eigenvalue weighted by molar-refractivity contribution is -0.385. The van der Waals surface area contributed by atoms with E-state index >= 15 is 0 Å². The van der Waals surface area contributed by atoms with Crippen LogP contribution >= 0.6 is 15.9 Å². The number of rotatable bonds is 6. The highest BCUT2D eigenvalue weighted by Crippen LogP contribution is 2.27. The summed E-state index contributed by atoms with van der Waals surface area (Å²) in [6.45, 7) is 0. The van der Waals surface area contributed by atoms with Gasteiger partial charge in [0.05, 0.1) is 20.6 Å². The number of furan rings is 1. The average molecular weight is 403 g/mol. The van der Waals surface area contributed by atoms with Gasteiger partial charge in [-0.2, -0.15) is 0 Å². The number of nitro groups is 1. The maximum absolute atomic E-state index is 12.1. The molecule has 0 unspecified atom stereocenters. The van der Waals surface area contributed by atoms with Gasteiger partial charge in [-0.05, 0) is 40.2 Å². The van der Waals surface area contributed by atoms with E-state index in [4.69, 9.17) is 4.42 Å². The zero-order valence-electron chi connectivity index (χ0n) is 11.6. The molecule has 0 radical (unpaired) electrons. The van der Waals surface area contributed by atoms with Crippen LogP contribution < -0.4 is 4.72 Å². The summed E-state index contributed by atoms with van der Waals surface area (Å²) >= 11 is 2.96. The summed E-state index contributed by atoms with van der Waals surface area (Å²) in [5.41, 5.74) is -0.407. The number of hydrogen-bond donors (Lipinski definition) is 1. The largest absolute Gasteiger partial charge is 0.469 e. The molecule has 0 fully saturated rings. The standard InChI is InChI=1S/C13H11BrN2O6S/c14-11-5-4-10(8-12(11)16(18)19)23(20,21)15-13(17)6-3-9-2-1-7-22-9/h1-2,4-5,7-8H,3,6H2,(H,15,17). The number of halogens is 1. The Bertz CT molecular complexity index is 832. The summed E-state index contributed by atoms with van der Waals surface area (Å²) in [6.07, 6.45) is 1.60. The third-order valence-corrected chi connectivity index (χ3v) is 4.89. The molecular weight excluding hydrogens is 392 g/mol. The molecule has 0 aliphatic rings. The number of carbonyl (C=O) groups is 1. The average Bonchev–Trinajstić information content (AvgIpc) is 2.98. The Balaban J connectivity index is 2.10. The minimum Gasteiger partial charge on any atom is -0.469 e. The van der Waals surface area contributed by atoms with Gasteiger partial charge in [-0.3, -0.25) is 14.9 Å². The normalized spacial score (nSPS) is 11.2. The number of sulfonamides is 1. The first-order valence-corrected chi connectivity index (χ1v) is 8.59. The molecule has 1 N–H and O–H groups in total. The fourth-order valence-electron chi connectivity index (χ4n) is 1.75. The van der Waals surface area contributed by atoms with E-state index in [9.17, 15) is 23.3 Å². The van der Waals surface area contributed by atoms with E-state index in [1.165, 1.54) is 18.4 Å². The summed E-state index contributed by atoms with van der Waals surface area (Å²) in [5.74, 6) is -0.177. The second-order valence-electron chi connectivity index (χ2n) is 4.48. The van der Waals surface area contributed by atoms with Crippen molar-refractivity contribution in [1.29, 1.82) is 0 Å². The molecule has 0 aliphatic carbocycles. The summed E-state index contributed by atoms with van der Waals surface area (Å²) in [4.78, 5) is 21.5. The predicted molar refractivity (Wildman–Crippen MR) is 83.2 cm³/mol. The maximum atomic E-state index is 12.1. The van der Waals surface area contributed by atoms with Gasteiger partial charge < -0.3 is 4.42 Å². The van der Waals surface area contributed by atoms with Crippen molar-refractivity contribution < 1.29 is 22.6 Å². The molecule has 0 saturated heterocycles. The van der Waals surface area contributed by atoms with Crippen LogP contribution in [0.5, 0.6) is 0 Å². The van der Waals surface area contributed by atoms with Crippen LogP contribution in [0.25, 0.3) is 0 Å². The third-order valence-electron chi connectivity index (χ3n) is 2.85. The van der Waals surface area contributed by atoms with Crippen molar-refractivity contribution in [2.24, 2.45) is 0 Å². The van der Waals surface area contributed by atoms with E-state index in [-0.39, 0.29) is 22.2 Å². The van der Waals surface area contributed by atoms with Gasteiger partial charge in [0.1, 0.15) is 5.76 Å². The summed E-state index contributed by atoms with van der Waals surface area (Å²) in [6, 6.07) is 6.61. The number of nitro benzene ring substituents is 1. The zero-order chi connectivity index (χ0) is 17.0. The van der Waals surface area contributed by atoms with Crippen molar-refractivity contribution in [2.75, 3.05) is 0 Å². The Morgan fingerprint density at radius 1 is 1.35 bits per heavy atom. The molecule has 0 atom stereocenters. The van der Waals surface area contributed by atoms with Crippen molar-refractivity contribution >= 4 is 37.5 Å². The van der Waals surface area contributed by atoms with Gasteiger partial charge in [0.25, 0.3) is 15.7 Å². The number of carbonyl (C=O) groups excluding carboxylic acids is 1. The number of nitrogens with one attached hydrogen (secondary N) is 1. The van der Waals surface area contributed by atoms with E-state index in [2.05, 4.69) is 15.9 Å². The molecule has 1 amide bonds. The van der Waals surface area contributed by atoms with Crippen LogP contribution in [0.4, 0.5) is 5.69 Å². The summed E-state index contributed by atoms with van der Waals surface area (Å²) in [5, 5.41) is 10.8. The molecule has 8 nitrogen and oxygen atoms in total. The third kappa shape index (κ3) is 4.39. The lowest BCUT2D eigenvalue weighted by atomic mass is 10.2. The zero-order valence-corrected chi connectivity index (χ0v) is 14.0. The number of nitrogens with zero attached hydrogens (tertiary/aromatic N) is 1. The van der Waals surface area contributed by atoms with Crippen LogP contribution in [0.2, 0.25) is 0 Å². The number of benzene rings is 1. The molecule has 0 aliphatic heterocycles. The molecule has 1 heterocycles. The lowest BCUT2D eigenvalue weighted by Gasteiger charge is -2.07. The number of hydrogen-bond acceptors (Lipinski definition) is 6. The van der Waals surface area contributed by atoms with Crippen LogP contribution in [0.15, 0.2) is 50.4 Å². The minimum atomic E-state index is -4.18. The Kier molecular flexibility index (Phi) is 5.16. The topological polar surface area (TPSA) is 120 Å². The van der Waals surface area contributed by atoms with Gasteiger partial charge in [-0.25, -0.2) is 13.1 Å². The van der Waals surface area contributed by atoms with Gasteiger partial charge in [-0.15, -0.1) is 0 Å². The second kappa shape index (κ2) is 6.92. The molecule has 23 heavy (non-hydrogen) atoms. The molecule has 0 bridgehead atoms. The van der Waals surface area contributed by atoms with Crippen molar-refractivity contribution in [3.8, 4) is 0 Å². The smallest absolute Gasteiger partial charge is 0.284 e. The van der Waals surface area contributed by atoms with Crippen LogP contribution in [-0.2, 0) is 21.2 Å². The first kappa shape index (κ1) is 17.2. The fourth-order valence-corrected chi connectivity index (χ4v) is 3.18. The molecule has 1 aromatic heterocycles. The van der Waals surface area contributed by atoms with Crippen LogP contribution in [0, 0.1) is 10.1 Å². The summed E-state index contributed by atoms with van der Waals surface area (Å²) in [7, 11) is -4.18. The molecule has 10 heteroatoms. The fraction of sp³-hybridized carbons (Fsp3) is 0.154. The van der Waals surface area contributed by atoms with Crippen LogP contribution in [0.3, 0.4) is 0 Å². The number of amides is 1. The SMILES string of the molecule is O=C(CCc1ccco1)NS(=O)(=O)c1ccc(Br)c([N+](=O)[O-])c1. The Labute approximate surface area is 139 Å². The van der Waals surface area contributed by atoms with Gasteiger partial charge in [0, 0.05) is 18.9 Å². The van der Waals surface area contributed by atoms with E-state index in [1.54, 1.807) is 12.1 Å². The van der Waals surface area contributed by atoms with Gasteiger partial charge in [0.15, 0.2) is 0 Å². The first-order valence-electron chi connectivity index (χ1n) is 6.31. The quantitative estimate of drug-likeness (QED) is 0.584. The Morgan fingerprint density at radius 2 is 2.09 bits per heavy atom. The first-order chi connectivity index (χ1) is 10.8. The molecular formula is C13H11BrN2O6S. The molecule has 0 saturated carbocycles. The van der Waals surface area contributed by atoms with Gasteiger partial charge >= 0.3 is 0 Å². The van der Waals surface area contributed by atoms with E-state index in [0.717, 1.165) is 6.07 Å². The monoisotopic (exact) mass is 402 g/mol. The molecule has 2 rings (SSSR count). The molecule has 1 aromatic carbocycles. The molecule has 2 aromatic rings. The Hall–Kier alpha value is -2.20. The highest BCUT2D eigenvalue weighted by molar-refractivity contribution is 9.10. The van der Waals surface area contributed by atoms with E-state index < -0.39 is 26.5 Å². The predicted octanol–water partition coefficient (Wildman–Crippen LogP) is 2.39. The maximum Gasteiger partial charge on any atom is 0.284 e. The lowest BCUT2D eigenvalue weighted by Crippen LogP contribution is -2.30. The summed E-state index contributed by atoms with van der Waals surface area (Å²) < 4.78 is 31.3. The van der Waals surface area contributed by atoms with E-state index in [0.29, 0.717) is 5.76 Å². The van der Waals surface area contributed by atoms with Gasteiger partial charge in [0.2, 0.25) is 5.91 Å². The van der Waals surface area contributed by atoms with Crippen molar-refractivity contribution in [2.45, 2.75) is 17.7 Å². The Morgan fingerprint density at radius 3 is 2.70 bits per heavy atom. The van der Waals surface area contributed by atoms with Crippen LogP contribution in [-0.4, -0.2) is 19.2 Å². The van der Waals surface area contributed by atoms with Crippen LogP contribution in [0.1, 0.15) is 12.2 Å². The van der Waals surface area contributed by atoms with E-state index in [1.807, 2.05) is 4.72 Å². The van der Waals surface area contributed by atoms with Crippen molar-refractivity contribution in [1.82, 2.24) is 4.72 Å². The number of aryl methyl sites for hydroxylation is 1. The molecule has 122 valence electrons. The van der Waals surface area contributed by atoms with Crippen molar-refractivity contribution in [3.63, 3.8) is 0 Å². The molecule has 0 spiro atoms.